The molecule has 0 saturated carbocycles. The van der Waals surface area contributed by atoms with Crippen molar-refractivity contribution in [2.24, 2.45) is 0 Å². The van der Waals surface area contributed by atoms with Gasteiger partial charge in [0.25, 0.3) is 0 Å². The number of carboxylic acid groups (broad SMARTS) is 1. The van der Waals surface area contributed by atoms with Gasteiger partial charge in [-0.1, -0.05) is 18.2 Å². The van der Waals surface area contributed by atoms with Crippen molar-refractivity contribution in [1.29, 1.82) is 0 Å². The molecule has 0 spiro atoms. The van der Waals surface area contributed by atoms with E-state index in [9.17, 15) is 9.59 Å². The molecule has 1 aromatic carbocycles. The number of carbonyl (C=O) groups is 2. The molecule has 4 nitrogen and oxygen atoms in total. The Kier molecular flexibility index (Phi) is 6.66. The SMILES string of the molecule is CC=C(C)C(=O)Oc1ccccc1C(=O)O.[Bi]. The first-order valence-corrected chi connectivity index (χ1v) is 4.73. The van der Waals surface area contributed by atoms with E-state index in [1.54, 1.807) is 32.1 Å². The van der Waals surface area contributed by atoms with Gasteiger partial charge in [0.1, 0.15) is 11.3 Å². The Morgan fingerprint density at radius 2 is 1.88 bits per heavy atom. The number of ether oxygens (including phenoxy) is 1. The predicted molar refractivity (Wildman–Crippen MR) is 64.2 cm³/mol. The van der Waals surface area contributed by atoms with Gasteiger partial charge in [0.05, 0.1) is 0 Å². The molecule has 1 aromatic rings. The van der Waals surface area contributed by atoms with Gasteiger partial charge in [0.2, 0.25) is 0 Å². The van der Waals surface area contributed by atoms with E-state index in [2.05, 4.69) is 0 Å². The summed E-state index contributed by atoms with van der Waals surface area (Å²) in [6.45, 7) is 3.31. The molecule has 0 aliphatic heterocycles. The van der Waals surface area contributed by atoms with Crippen molar-refractivity contribution in [3.63, 3.8) is 0 Å². The second-order valence-corrected chi connectivity index (χ2v) is 3.16. The Hall–Kier alpha value is -1.22. The summed E-state index contributed by atoms with van der Waals surface area (Å²) in [5.41, 5.74) is 0.403. The fourth-order valence-electron chi connectivity index (χ4n) is 1.03. The number of para-hydroxylation sites is 1. The molecule has 0 fully saturated rings. The van der Waals surface area contributed by atoms with Gasteiger partial charge in [0, 0.05) is 31.8 Å². The molecule has 0 aliphatic rings. The topological polar surface area (TPSA) is 63.6 Å². The molecular formula is C12H12BiO4. The Balaban J connectivity index is 0.00000256. The van der Waals surface area contributed by atoms with E-state index in [0.717, 1.165) is 0 Å². The van der Waals surface area contributed by atoms with E-state index < -0.39 is 11.9 Å². The zero-order valence-electron chi connectivity index (χ0n) is 9.51. The van der Waals surface area contributed by atoms with Crippen molar-refractivity contribution in [3.05, 3.63) is 41.5 Å². The smallest absolute Gasteiger partial charge is 0.339 e. The summed E-state index contributed by atoms with van der Waals surface area (Å²) in [6.07, 6.45) is 1.60. The van der Waals surface area contributed by atoms with Crippen molar-refractivity contribution in [1.82, 2.24) is 0 Å². The predicted octanol–water partition coefficient (Wildman–Crippen LogP) is 1.88. The van der Waals surface area contributed by atoms with Crippen LogP contribution in [-0.4, -0.2) is 43.2 Å². The number of aromatic carboxylic acids is 1. The minimum absolute atomic E-state index is 0. The average molecular weight is 429 g/mol. The van der Waals surface area contributed by atoms with Crippen LogP contribution in [0.1, 0.15) is 24.2 Å². The minimum atomic E-state index is -1.12. The van der Waals surface area contributed by atoms with E-state index in [4.69, 9.17) is 9.84 Å². The molecule has 0 amide bonds. The van der Waals surface area contributed by atoms with Gasteiger partial charge in [-0.05, 0) is 26.0 Å². The van der Waals surface area contributed by atoms with Crippen molar-refractivity contribution in [3.8, 4) is 5.75 Å². The number of esters is 1. The molecule has 0 unspecified atom stereocenters. The average Bonchev–Trinajstić information content (AvgIpc) is 2.28. The summed E-state index contributed by atoms with van der Waals surface area (Å²) in [6, 6.07) is 6.02. The van der Waals surface area contributed by atoms with Crippen molar-refractivity contribution in [2.45, 2.75) is 13.8 Å². The van der Waals surface area contributed by atoms with Gasteiger partial charge in [-0.2, -0.15) is 0 Å². The van der Waals surface area contributed by atoms with Crippen LogP contribution in [0, 0.1) is 0 Å². The number of carboxylic acids is 1. The van der Waals surface area contributed by atoms with Crippen molar-refractivity contribution < 1.29 is 19.4 Å². The quantitative estimate of drug-likeness (QED) is 0.345. The number of carbonyl (C=O) groups excluding carboxylic acids is 1. The molecule has 0 saturated heterocycles. The molecule has 1 rings (SSSR count). The Morgan fingerprint density at radius 1 is 1.29 bits per heavy atom. The van der Waals surface area contributed by atoms with Crippen LogP contribution in [-0.2, 0) is 4.79 Å². The summed E-state index contributed by atoms with van der Waals surface area (Å²) in [7, 11) is 0. The number of hydrogen-bond donors (Lipinski definition) is 1. The second-order valence-electron chi connectivity index (χ2n) is 3.16. The molecule has 0 aliphatic carbocycles. The first kappa shape index (κ1) is 15.8. The third kappa shape index (κ3) is 4.27. The zero-order valence-corrected chi connectivity index (χ0v) is 13.0. The Morgan fingerprint density at radius 3 is 2.41 bits per heavy atom. The number of hydrogen-bond acceptors (Lipinski definition) is 3. The first-order chi connectivity index (χ1) is 7.56. The van der Waals surface area contributed by atoms with Gasteiger partial charge in [-0.15, -0.1) is 0 Å². The molecule has 0 heterocycles. The Labute approximate surface area is 118 Å². The third-order valence-corrected chi connectivity index (χ3v) is 2.08. The van der Waals surface area contributed by atoms with Crippen molar-refractivity contribution >= 4 is 38.1 Å². The summed E-state index contributed by atoms with van der Waals surface area (Å²) in [5.74, 6) is -1.61. The summed E-state index contributed by atoms with van der Waals surface area (Å²) in [5, 5.41) is 8.87. The first-order valence-electron chi connectivity index (χ1n) is 4.73. The molecule has 17 heavy (non-hydrogen) atoms. The van der Waals surface area contributed by atoms with Gasteiger partial charge in [0.15, 0.2) is 0 Å². The largest absolute Gasteiger partial charge is 0.478 e. The molecule has 0 aromatic heterocycles. The molecule has 5 heteroatoms. The third-order valence-electron chi connectivity index (χ3n) is 2.08. The molecule has 0 atom stereocenters. The Bertz CT molecular complexity index is 452. The van der Waals surface area contributed by atoms with E-state index in [-0.39, 0.29) is 37.5 Å². The van der Waals surface area contributed by atoms with Crippen LogP contribution >= 0.6 is 0 Å². The second kappa shape index (κ2) is 7.18. The summed E-state index contributed by atoms with van der Waals surface area (Å²) in [4.78, 5) is 22.3. The zero-order chi connectivity index (χ0) is 12.1. The van der Waals surface area contributed by atoms with E-state index in [0.29, 0.717) is 5.57 Å². The number of rotatable bonds is 3. The molecule has 1 N–H and O–H groups in total. The maximum absolute atomic E-state index is 11.4. The molecule has 89 valence electrons. The van der Waals surface area contributed by atoms with Crippen molar-refractivity contribution in [2.75, 3.05) is 0 Å². The van der Waals surface area contributed by atoms with E-state index in [1.165, 1.54) is 12.1 Å². The van der Waals surface area contributed by atoms with Gasteiger partial charge in [-0.25, -0.2) is 9.59 Å². The minimum Gasteiger partial charge on any atom is -0.478 e. The van der Waals surface area contributed by atoms with Gasteiger partial charge >= 0.3 is 11.9 Å². The van der Waals surface area contributed by atoms with Crippen LogP contribution in [0.3, 0.4) is 0 Å². The summed E-state index contributed by atoms with van der Waals surface area (Å²) >= 11 is 0. The molecular weight excluding hydrogens is 417 g/mol. The normalized spacial score (nSPS) is 10.4. The van der Waals surface area contributed by atoms with Gasteiger partial charge < -0.3 is 9.84 Å². The van der Waals surface area contributed by atoms with Crippen LogP contribution < -0.4 is 4.74 Å². The van der Waals surface area contributed by atoms with Crippen LogP contribution in [0.25, 0.3) is 0 Å². The summed E-state index contributed by atoms with van der Waals surface area (Å²) < 4.78 is 4.97. The van der Waals surface area contributed by atoms with Gasteiger partial charge in [-0.3, -0.25) is 0 Å². The van der Waals surface area contributed by atoms with Crippen LogP contribution in [0.5, 0.6) is 5.75 Å². The number of allylic oxidation sites excluding steroid dienone is 1. The fourth-order valence-corrected chi connectivity index (χ4v) is 1.03. The maximum atomic E-state index is 11.4. The molecule has 0 bridgehead atoms. The van der Waals surface area contributed by atoms with E-state index >= 15 is 0 Å². The number of benzene rings is 1. The monoisotopic (exact) mass is 429 g/mol. The maximum Gasteiger partial charge on any atom is 0.339 e. The molecule has 3 radical (unpaired) electrons. The van der Waals surface area contributed by atoms with E-state index in [1.807, 2.05) is 0 Å². The standard InChI is InChI=1S/C12H12O4.Bi/c1-3-8(2)12(15)16-10-7-5-4-6-9(10)11(13)14;/h3-7H,1-2H3,(H,13,14);. The van der Waals surface area contributed by atoms with Crippen LogP contribution in [0.15, 0.2) is 35.9 Å². The fraction of sp³-hybridized carbons (Fsp3) is 0.167. The van der Waals surface area contributed by atoms with Crippen LogP contribution in [0.2, 0.25) is 0 Å². The van der Waals surface area contributed by atoms with Crippen LogP contribution in [0.4, 0.5) is 0 Å².